The van der Waals surface area contributed by atoms with Gasteiger partial charge in [-0.3, -0.25) is 0 Å². The van der Waals surface area contributed by atoms with Gasteiger partial charge in [-0.25, -0.2) is 0 Å². The minimum atomic E-state index is -0.0365. The molecule has 1 aliphatic carbocycles. The van der Waals surface area contributed by atoms with Gasteiger partial charge in [0.1, 0.15) is 11.6 Å². The van der Waals surface area contributed by atoms with E-state index in [1.807, 2.05) is 24.3 Å². The van der Waals surface area contributed by atoms with E-state index in [1.54, 1.807) is 30.2 Å². The quantitative estimate of drug-likeness (QED) is 0.271. The molecule has 0 spiro atoms. The third-order valence-corrected chi connectivity index (χ3v) is 7.92. The summed E-state index contributed by atoms with van der Waals surface area (Å²) in [6, 6.07) is 12.3. The second kappa shape index (κ2) is 10.1. The number of hydrogen-bond acceptors (Lipinski definition) is 8. The summed E-state index contributed by atoms with van der Waals surface area (Å²) in [6.45, 7) is 2.08. The number of benzene rings is 1. The summed E-state index contributed by atoms with van der Waals surface area (Å²) in [5.41, 5.74) is 0.871. The lowest BCUT2D eigenvalue weighted by atomic mass is 9.95. The molecule has 0 amide bonds. The van der Waals surface area contributed by atoms with Crippen LogP contribution in [0.4, 0.5) is 0 Å². The Morgan fingerprint density at radius 1 is 1.09 bits per heavy atom. The van der Waals surface area contributed by atoms with Crippen LogP contribution in [0.25, 0.3) is 11.5 Å². The Morgan fingerprint density at radius 2 is 1.91 bits per heavy atom. The number of ether oxygens (including phenoxy) is 1. The molecule has 0 aliphatic heterocycles. The van der Waals surface area contributed by atoms with Crippen molar-refractivity contribution in [3.8, 4) is 17.2 Å². The Labute approximate surface area is 201 Å². The number of nitrogens with zero attached hydrogens (tertiary/aromatic N) is 5. The number of thioether (sulfide) groups is 1. The van der Waals surface area contributed by atoms with Gasteiger partial charge < -0.3 is 13.7 Å². The monoisotopic (exact) mass is 481 g/mol. The number of thiophene rings is 1. The number of aromatic nitrogens is 5. The Kier molecular flexibility index (Phi) is 6.78. The minimum Gasteiger partial charge on any atom is -0.497 e. The van der Waals surface area contributed by atoms with Crippen LogP contribution in [0.5, 0.6) is 5.75 Å². The normalized spacial score (nSPS) is 15.6. The van der Waals surface area contributed by atoms with Crippen LogP contribution in [0.2, 0.25) is 0 Å². The van der Waals surface area contributed by atoms with E-state index < -0.39 is 0 Å². The van der Waals surface area contributed by atoms with Crippen molar-refractivity contribution in [2.24, 2.45) is 0 Å². The average molecular weight is 482 g/mol. The van der Waals surface area contributed by atoms with Crippen LogP contribution in [0, 0.1) is 0 Å². The molecule has 0 radical (unpaired) electrons. The molecule has 1 fully saturated rings. The summed E-state index contributed by atoms with van der Waals surface area (Å²) >= 11 is 3.41. The van der Waals surface area contributed by atoms with Crippen molar-refractivity contribution in [3.63, 3.8) is 0 Å². The van der Waals surface area contributed by atoms with Crippen molar-refractivity contribution in [2.75, 3.05) is 7.11 Å². The number of methoxy groups -OCH3 is 1. The zero-order valence-corrected chi connectivity index (χ0v) is 20.4. The van der Waals surface area contributed by atoms with Gasteiger partial charge >= 0.3 is 0 Å². The van der Waals surface area contributed by atoms with Gasteiger partial charge in [0.25, 0.3) is 0 Å². The summed E-state index contributed by atoms with van der Waals surface area (Å²) in [6.07, 6.45) is 7.01. The third kappa shape index (κ3) is 4.99. The van der Waals surface area contributed by atoms with Gasteiger partial charge in [0.2, 0.25) is 11.8 Å². The van der Waals surface area contributed by atoms with Crippen LogP contribution in [-0.2, 0) is 6.42 Å². The summed E-state index contributed by atoms with van der Waals surface area (Å²) < 4.78 is 13.6. The third-order valence-electron chi connectivity index (χ3n) is 5.99. The average Bonchev–Trinajstić information content (AvgIpc) is 3.62. The molecule has 1 aliphatic rings. The lowest BCUT2D eigenvalue weighted by molar-refractivity contribution is 0.330. The van der Waals surface area contributed by atoms with Crippen LogP contribution in [0.15, 0.2) is 51.4 Å². The van der Waals surface area contributed by atoms with Crippen molar-refractivity contribution >= 4 is 23.1 Å². The van der Waals surface area contributed by atoms with Crippen molar-refractivity contribution in [1.82, 2.24) is 25.0 Å². The first kappa shape index (κ1) is 22.2. The van der Waals surface area contributed by atoms with Crippen LogP contribution < -0.4 is 4.74 Å². The Hall–Kier alpha value is -2.65. The molecule has 0 saturated heterocycles. The molecule has 33 heavy (non-hydrogen) atoms. The largest absolute Gasteiger partial charge is 0.497 e. The fourth-order valence-electron chi connectivity index (χ4n) is 4.24. The molecular weight excluding hydrogens is 454 g/mol. The van der Waals surface area contributed by atoms with E-state index in [4.69, 9.17) is 9.15 Å². The molecule has 1 aromatic carbocycles. The van der Waals surface area contributed by atoms with E-state index >= 15 is 0 Å². The van der Waals surface area contributed by atoms with Gasteiger partial charge in [-0.1, -0.05) is 37.1 Å². The second-order valence-electron chi connectivity index (χ2n) is 8.25. The molecule has 3 aromatic heterocycles. The van der Waals surface area contributed by atoms with Gasteiger partial charge in [0.05, 0.1) is 12.4 Å². The first-order valence-corrected chi connectivity index (χ1v) is 13.1. The predicted molar refractivity (Wildman–Crippen MR) is 130 cm³/mol. The van der Waals surface area contributed by atoms with E-state index in [9.17, 15) is 0 Å². The van der Waals surface area contributed by atoms with E-state index in [-0.39, 0.29) is 5.25 Å². The molecule has 7 nitrogen and oxygen atoms in total. The van der Waals surface area contributed by atoms with Gasteiger partial charge in [-0.15, -0.1) is 31.7 Å². The molecule has 1 saturated carbocycles. The van der Waals surface area contributed by atoms with Crippen molar-refractivity contribution < 1.29 is 9.15 Å². The van der Waals surface area contributed by atoms with Crippen molar-refractivity contribution in [2.45, 2.75) is 61.9 Å². The van der Waals surface area contributed by atoms with Crippen LogP contribution in [-0.4, -0.2) is 32.1 Å². The highest BCUT2D eigenvalue weighted by molar-refractivity contribution is 7.99. The first-order chi connectivity index (χ1) is 16.2. The standard InChI is InChI=1S/C24H27N5O2S2/c1-16(22-26-27-23(31-22)17-10-12-19(30-2)13-11-17)33-24-28-25-21(15-20-9-6-14-32-20)29(24)18-7-4-3-5-8-18/h6,9-14,16,18H,3-5,7-8,15H2,1-2H3/t16-/m0/s1. The molecule has 0 bridgehead atoms. The zero-order chi connectivity index (χ0) is 22.6. The maximum atomic E-state index is 6.01. The van der Waals surface area contributed by atoms with Crippen LogP contribution in [0.1, 0.15) is 66.9 Å². The molecule has 4 aromatic rings. The highest BCUT2D eigenvalue weighted by atomic mass is 32.2. The smallest absolute Gasteiger partial charge is 0.247 e. The van der Waals surface area contributed by atoms with Crippen LogP contribution >= 0.6 is 23.1 Å². The maximum absolute atomic E-state index is 6.01. The van der Waals surface area contributed by atoms with Gasteiger partial charge in [0, 0.05) is 22.9 Å². The Balaban J connectivity index is 1.37. The molecule has 0 N–H and O–H groups in total. The van der Waals surface area contributed by atoms with E-state index in [2.05, 4.69) is 49.4 Å². The predicted octanol–water partition coefficient (Wildman–Crippen LogP) is 6.35. The number of hydrogen-bond donors (Lipinski definition) is 0. The fourth-order valence-corrected chi connectivity index (χ4v) is 5.91. The molecular formula is C24H27N5O2S2. The Morgan fingerprint density at radius 3 is 2.64 bits per heavy atom. The minimum absolute atomic E-state index is 0.0365. The molecule has 9 heteroatoms. The zero-order valence-electron chi connectivity index (χ0n) is 18.8. The molecule has 1 atom stereocenters. The van der Waals surface area contributed by atoms with Gasteiger partial charge in [-0.05, 0) is 55.5 Å². The molecule has 172 valence electrons. The summed E-state index contributed by atoms with van der Waals surface area (Å²) in [7, 11) is 1.65. The highest BCUT2D eigenvalue weighted by Crippen LogP contribution is 2.39. The lowest BCUT2D eigenvalue weighted by Gasteiger charge is -2.26. The van der Waals surface area contributed by atoms with E-state index in [0.717, 1.165) is 28.7 Å². The summed E-state index contributed by atoms with van der Waals surface area (Å²) in [5, 5.41) is 20.8. The van der Waals surface area contributed by atoms with Gasteiger partial charge in [-0.2, -0.15) is 0 Å². The highest BCUT2D eigenvalue weighted by Gasteiger charge is 2.26. The van der Waals surface area contributed by atoms with Crippen molar-refractivity contribution in [1.29, 1.82) is 0 Å². The summed E-state index contributed by atoms with van der Waals surface area (Å²) in [5.74, 6) is 2.93. The fraction of sp³-hybridized carbons (Fsp3) is 0.417. The topological polar surface area (TPSA) is 78.9 Å². The lowest BCUT2D eigenvalue weighted by Crippen LogP contribution is -2.17. The van der Waals surface area contributed by atoms with Gasteiger partial charge in [0.15, 0.2) is 5.16 Å². The first-order valence-electron chi connectivity index (χ1n) is 11.3. The maximum Gasteiger partial charge on any atom is 0.247 e. The molecule has 3 heterocycles. The van der Waals surface area contributed by atoms with Crippen LogP contribution in [0.3, 0.4) is 0 Å². The molecule has 5 rings (SSSR count). The van der Waals surface area contributed by atoms with E-state index in [1.165, 1.54) is 37.0 Å². The Bertz CT molecular complexity index is 1160. The summed E-state index contributed by atoms with van der Waals surface area (Å²) in [4.78, 5) is 1.31. The molecule has 0 unspecified atom stereocenters. The second-order valence-corrected chi connectivity index (χ2v) is 10.6. The van der Waals surface area contributed by atoms with Crippen molar-refractivity contribution in [3.05, 3.63) is 58.4 Å². The SMILES string of the molecule is COc1ccc(-c2nnc([C@H](C)Sc3nnc(Cc4cccs4)n3C3CCCCC3)o2)cc1. The van der Waals surface area contributed by atoms with E-state index in [0.29, 0.717) is 17.8 Å². The number of rotatable bonds is 8.